The van der Waals surface area contributed by atoms with Crippen molar-refractivity contribution in [3.05, 3.63) is 69.7 Å². The van der Waals surface area contributed by atoms with Gasteiger partial charge in [0.25, 0.3) is 11.5 Å². The Morgan fingerprint density at radius 1 is 1.07 bits per heavy atom. The van der Waals surface area contributed by atoms with Crippen LogP contribution in [0, 0.1) is 11.3 Å². The minimum absolute atomic E-state index is 0.0791. The molecule has 234 valence electrons. The first-order valence-electron chi connectivity index (χ1n) is 13.0. The van der Waals surface area contributed by atoms with E-state index < -0.39 is 47.5 Å². The van der Waals surface area contributed by atoms with Crippen LogP contribution in [-0.2, 0) is 17.5 Å². The van der Waals surface area contributed by atoms with Crippen LogP contribution in [0.1, 0.15) is 42.5 Å². The molecule has 0 aliphatic carbocycles. The molecule has 0 atom stereocenters. The Kier molecular flexibility index (Phi) is 7.31. The maximum atomic E-state index is 13.7. The molecule has 0 fully saturated rings. The minimum atomic E-state index is -4.86. The van der Waals surface area contributed by atoms with Gasteiger partial charge in [0.2, 0.25) is 5.91 Å². The number of carbonyl (C=O) groups is 2. The van der Waals surface area contributed by atoms with Gasteiger partial charge in [-0.3, -0.25) is 14.4 Å². The minimum Gasteiger partial charge on any atom is -0.448 e. The highest BCUT2D eigenvalue weighted by atomic mass is 19.4. The fourth-order valence-electron chi connectivity index (χ4n) is 4.40. The van der Waals surface area contributed by atoms with E-state index in [0.717, 1.165) is 29.2 Å². The average molecular weight is 632 g/mol. The van der Waals surface area contributed by atoms with Crippen molar-refractivity contribution in [2.45, 2.75) is 45.3 Å². The highest BCUT2D eigenvalue weighted by Crippen LogP contribution is 2.43. The van der Waals surface area contributed by atoms with Crippen LogP contribution >= 0.6 is 0 Å². The molecule has 45 heavy (non-hydrogen) atoms. The Hall–Kier alpha value is -5.46. The molecule has 0 saturated heterocycles. The summed E-state index contributed by atoms with van der Waals surface area (Å²) in [4.78, 5) is 40.6. The summed E-state index contributed by atoms with van der Waals surface area (Å²) in [6.45, 7) is 4.29. The lowest BCUT2D eigenvalue weighted by molar-refractivity contribution is -0.286. The van der Waals surface area contributed by atoms with E-state index in [9.17, 15) is 41.6 Å². The standard InChI is InChI=1S/C29H22F5N5O6/c1-27(2,3)36-25(41)21-11-18-24(43-21)23(15-7-14(12-35)8-16(9-15)28(30,31)32)37-39(26(18)42)13-22(40)38(4)17-5-6-19-20(10-17)45-29(33,34)44-19/h5-11H,13H2,1-4H3,(H,36,41). The van der Waals surface area contributed by atoms with Crippen molar-refractivity contribution in [2.75, 3.05) is 11.9 Å². The van der Waals surface area contributed by atoms with Gasteiger partial charge >= 0.3 is 12.5 Å². The monoisotopic (exact) mass is 631 g/mol. The number of carbonyl (C=O) groups excluding carboxylic acids is 2. The molecule has 2 amide bonds. The second-order valence-electron chi connectivity index (χ2n) is 11.0. The number of halogens is 5. The topological polar surface area (TPSA) is 140 Å². The highest BCUT2D eigenvalue weighted by molar-refractivity contribution is 5.99. The van der Waals surface area contributed by atoms with Gasteiger partial charge in [-0.05, 0) is 51.1 Å². The van der Waals surface area contributed by atoms with Crippen molar-refractivity contribution in [1.29, 1.82) is 5.26 Å². The zero-order chi connectivity index (χ0) is 33.1. The molecule has 4 aromatic rings. The first-order chi connectivity index (χ1) is 20.8. The normalized spacial score (nSPS) is 13.9. The SMILES string of the molecule is CN(C(=O)Cn1nc(-c2cc(C#N)cc(C(F)(F)F)c2)c2oc(C(=O)NC(C)(C)C)cc2c1=O)c1ccc2c(c1)OC(F)(F)O2. The van der Waals surface area contributed by atoms with Gasteiger partial charge in [-0.15, -0.1) is 8.78 Å². The van der Waals surface area contributed by atoms with Gasteiger partial charge in [0.15, 0.2) is 22.8 Å². The van der Waals surface area contributed by atoms with E-state index in [1.807, 2.05) is 0 Å². The molecule has 0 saturated carbocycles. The molecular formula is C29H22F5N5O6. The molecule has 3 heterocycles. The zero-order valence-electron chi connectivity index (χ0n) is 23.9. The molecular weight excluding hydrogens is 609 g/mol. The van der Waals surface area contributed by atoms with Gasteiger partial charge in [0, 0.05) is 36.0 Å². The van der Waals surface area contributed by atoms with Crippen LogP contribution in [0.15, 0.2) is 51.7 Å². The molecule has 0 unspecified atom stereocenters. The van der Waals surface area contributed by atoms with E-state index >= 15 is 0 Å². The van der Waals surface area contributed by atoms with E-state index in [1.165, 1.54) is 13.1 Å². The zero-order valence-corrected chi connectivity index (χ0v) is 23.9. The molecule has 1 aliphatic rings. The first-order valence-corrected chi connectivity index (χ1v) is 13.0. The second kappa shape index (κ2) is 10.6. The number of likely N-dealkylation sites (N-methyl/N-ethyl adjacent to an activating group) is 1. The van der Waals surface area contributed by atoms with Crippen molar-refractivity contribution in [1.82, 2.24) is 15.1 Å². The molecule has 16 heteroatoms. The van der Waals surface area contributed by atoms with Gasteiger partial charge in [-0.1, -0.05) is 0 Å². The van der Waals surface area contributed by atoms with Crippen LogP contribution in [0.3, 0.4) is 0 Å². The van der Waals surface area contributed by atoms with Crippen LogP contribution in [0.25, 0.3) is 22.2 Å². The third-order valence-corrected chi connectivity index (χ3v) is 6.44. The Morgan fingerprint density at radius 2 is 1.76 bits per heavy atom. The van der Waals surface area contributed by atoms with Crippen LogP contribution < -0.4 is 25.2 Å². The lowest BCUT2D eigenvalue weighted by atomic mass is 10.0. The smallest absolute Gasteiger partial charge is 0.448 e. The largest absolute Gasteiger partial charge is 0.586 e. The van der Waals surface area contributed by atoms with Gasteiger partial charge in [-0.25, -0.2) is 4.68 Å². The van der Waals surface area contributed by atoms with Crippen LogP contribution in [0.2, 0.25) is 0 Å². The van der Waals surface area contributed by atoms with Crippen molar-refractivity contribution in [3.8, 4) is 28.8 Å². The van der Waals surface area contributed by atoms with E-state index in [-0.39, 0.29) is 50.7 Å². The molecule has 2 aromatic heterocycles. The van der Waals surface area contributed by atoms with Crippen LogP contribution in [-0.4, -0.2) is 40.5 Å². The number of fused-ring (bicyclic) bond motifs is 2. The summed E-state index contributed by atoms with van der Waals surface area (Å²) in [6.07, 6.45) is -8.75. The summed E-state index contributed by atoms with van der Waals surface area (Å²) in [6, 6.07) is 8.66. The Morgan fingerprint density at radius 3 is 2.40 bits per heavy atom. The van der Waals surface area contributed by atoms with E-state index in [1.54, 1.807) is 26.8 Å². The predicted octanol–water partition coefficient (Wildman–Crippen LogP) is 5.06. The van der Waals surface area contributed by atoms with E-state index in [0.29, 0.717) is 16.8 Å². The van der Waals surface area contributed by atoms with Crippen molar-refractivity contribution < 1.29 is 45.4 Å². The van der Waals surface area contributed by atoms with Crippen molar-refractivity contribution in [2.24, 2.45) is 0 Å². The van der Waals surface area contributed by atoms with Gasteiger partial charge in [0.05, 0.1) is 22.6 Å². The lowest BCUT2D eigenvalue weighted by Gasteiger charge is -2.19. The number of ether oxygens (including phenoxy) is 2. The number of nitrogens with zero attached hydrogens (tertiary/aromatic N) is 4. The van der Waals surface area contributed by atoms with Gasteiger partial charge < -0.3 is 24.1 Å². The van der Waals surface area contributed by atoms with Crippen molar-refractivity contribution >= 4 is 28.5 Å². The van der Waals surface area contributed by atoms with Gasteiger partial charge in [-0.2, -0.15) is 23.5 Å². The fraction of sp³-hybridized carbons (Fsp3) is 0.276. The summed E-state index contributed by atoms with van der Waals surface area (Å²) in [5, 5.41) is 15.9. The molecule has 5 rings (SSSR count). The number of hydrogen-bond donors (Lipinski definition) is 1. The summed E-state index contributed by atoms with van der Waals surface area (Å²) in [5.41, 5.74) is -4.13. The van der Waals surface area contributed by atoms with E-state index in [4.69, 9.17) is 4.42 Å². The molecule has 0 bridgehead atoms. The van der Waals surface area contributed by atoms with Crippen LogP contribution in [0.5, 0.6) is 11.5 Å². The molecule has 0 radical (unpaired) electrons. The molecule has 1 N–H and O–H groups in total. The summed E-state index contributed by atoms with van der Waals surface area (Å²) in [7, 11) is 1.28. The van der Waals surface area contributed by atoms with E-state index in [2.05, 4.69) is 19.9 Å². The number of hydrogen-bond acceptors (Lipinski definition) is 8. The second-order valence-corrected chi connectivity index (χ2v) is 11.0. The number of nitrogens with one attached hydrogen (secondary N) is 1. The number of anilines is 1. The Labute approximate surface area is 250 Å². The Balaban J connectivity index is 1.61. The maximum Gasteiger partial charge on any atom is 0.586 e. The Bertz CT molecular complexity index is 1970. The summed E-state index contributed by atoms with van der Waals surface area (Å²) < 4.78 is 83.1. The average Bonchev–Trinajstić information content (AvgIpc) is 3.52. The maximum absolute atomic E-state index is 13.7. The fourth-order valence-corrected chi connectivity index (χ4v) is 4.40. The lowest BCUT2D eigenvalue weighted by Crippen LogP contribution is -2.40. The number of alkyl halides is 5. The quantitative estimate of drug-likeness (QED) is 0.302. The highest BCUT2D eigenvalue weighted by Gasteiger charge is 2.43. The molecule has 11 nitrogen and oxygen atoms in total. The number of aromatic nitrogens is 2. The number of benzene rings is 2. The van der Waals surface area contributed by atoms with Crippen molar-refractivity contribution in [3.63, 3.8) is 0 Å². The number of rotatable bonds is 5. The summed E-state index contributed by atoms with van der Waals surface area (Å²) >= 11 is 0. The molecule has 1 aliphatic heterocycles. The number of furan rings is 1. The summed E-state index contributed by atoms with van der Waals surface area (Å²) in [5.74, 6) is -2.49. The predicted molar refractivity (Wildman–Crippen MR) is 147 cm³/mol. The van der Waals surface area contributed by atoms with Gasteiger partial charge in [0.1, 0.15) is 12.2 Å². The third kappa shape index (κ3) is 6.28. The molecule has 2 aromatic carbocycles. The number of nitriles is 1. The van der Waals surface area contributed by atoms with Crippen LogP contribution in [0.4, 0.5) is 27.6 Å². The molecule has 0 spiro atoms. The third-order valence-electron chi connectivity index (χ3n) is 6.44. The number of amides is 2. The first kappa shape index (κ1) is 31.0.